The Morgan fingerprint density at radius 3 is 2.20 bits per heavy atom. The fourth-order valence-electron chi connectivity index (χ4n) is 3.53. The third-order valence-electron chi connectivity index (χ3n) is 4.59. The Kier molecular flexibility index (Phi) is 3.66. The number of hydrogen-bond donors (Lipinski definition) is 0. The van der Waals surface area contributed by atoms with Crippen molar-refractivity contribution in [1.29, 1.82) is 0 Å². The van der Waals surface area contributed by atoms with E-state index < -0.39 is 0 Å². The number of carbonyl (C=O) groups excluding carboxylic acids is 1. The van der Waals surface area contributed by atoms with Gasteiger partial charge in [0, 0.05) is 24.8 Å². The van der Waals surface area contributed by atoms with Crippen molar-refractivity contribution >= 4 is 5.91 Å². The minimum atomic E-state index is 0.148. The van der Waals surface area contributed by atoms with Crippen LogP contribution in [0, 0.1) is 0 Å². The first-order valence-corrected chi connectivity index (χ1v) is 7.22. The lowest BCUT2D eigenvalue weighted by atomic mass is 9.98. The first kappa shape index (κ1) is 13.4. The lowest BCUT2D eigenvalue weighted by molar-refractivity contribution is 0.00822. The molecule has 2 fully saturated rings. The summed E-state index contributed by atoms with van der Waals surface area (Å²) in [6.07, 6.45) is 4.45. The number of piperidine rings is 1. The molecule has 2 saturated heterocycles. The summed E-state index contributed by atoms with van der Waals surface area (Å²) in [6, 6.07) is 8.07. The van der Waals surface area contributed by atoms with Crippen LogP contribution < -0.4 is 4.74 Å². The van der Waals surface area contributed by atoms with Gasteiger partial charge in [-0.15, -0.1) is 0 Å². The summed E-state index contributed by atoms with van der Waals surface area (Å²) in [6.45, 7) is 0. The second-order valence-electron chi connectivity index (χ2n) is 5.66. The molecule has 0 aliphatic carbocycles. The van der Waals surface area contributed by atoms with E-state index in [2.05, 4.69) is 4.90 Å². The first-order chi connectivity index (χ1) is 9.72. The van der Waals surface area contributed by atoms with Crippen LogP contribution in [0.5, 0.6) is 5.75 Å². The minimum absolute atomic E-state index is 0.148. The highest BCUT2D eigenvalue weighted by Gasteiger charge is 2.43. The van der Waals surface area contributed by atoms with Crippen molar-refractivity contribution in [2.75, 3.05) is 14.2 Å². The molecule has 2 unspecified atom stereocenters. The van der Waals surface area contributed by atoms with E-state index in [0.29, 0.717) is 18.2 Å². The fourth-order valence-corrected chi connectivity index (χ4v) is 3.53. The molecule has 0 aromatic heterocycles. The van der Waals surface area contributed by atoms with Gasteiger partial charge >= 0.3 is 0 Å². The van der Waals surface area contributed by atoms with E-state index >= 15 is 0 Å². The molecule has 0 N–H and O–H groups in total. The van der Waals surface area contributed by atoms with Gasteiger partial charge in [0.05, 0.1) is 13.2 Å². The van der Waals surface area contributed by atoms with E-state index in [1.807, 2.05) is 24.3 Å². The zero-order valence-electron chi connectivity index (χ0n) is 12.0. The highest BCUT2D eigenvalue weighted by atomic mass is 16.5. The molecule has 2 aliphatic rings. The van der Waals surface area contributed by atoms with Crippen molar-refractivity contribution in [2.45, 2.75) is 43.9 Å². The van der Waals surface area contributed by atoms with Crippen LogP contribution in [0.2, 0.25) is 0 Å². The zero-order valence-corrected chi connectivity index (χ0v) is 12.0. The van der Waals surface area contributed by atoms with Gasteiger partial charge in [0.2, 0.25) is 0 Å². The number of carbonyl (C=O) groups is 1. The molecule has 1 aromatic rings. The Labute approximate surface area is 119 Å². The third-order valence-corrected chi connectivity index (χ3v) is 4.59. The van der Waals surface area contributed by atoms with Crippen LogP contribution in [-0.2, 0) is 4.74 Å². The van der Waals surface area contributed by atoms with Crippen molar-refractivity contribution in [3.05, 3.63) is 29.8 Å². The van der Waals surface area contributed by atoms with Gasteiger partial charge in [-0.1, -0.05) is 0 Å². The van der Waals surface area contributed by atoms with Gasteiger partial charge in [0.25, 0.3) is 5.91 Å². The monoisotopic (exact) mass is 275 g/mol. The largest absolute Gasteiger partial charge is 0.497 e. The second kappa shape index (κ2) is 5.44. The van der Waals surface area contributed by atoms with E-state index in [9.17, 15) is 4.79 Å². The maximum absolute atomic E-state index is 12.7. The minimum Gasteiger partial charge on any atom is -0.497 e. The summed E-state index contributed by atoms with van der Waals surface area (Å²) < 4.78 is 10.6. The van der Waals surface area contributed by atoms with Gasteiger partial charge in [0.1, 0.15) is 5.75 Å². The molecule has 0 saturated carbocycles. The Bertz CT molecular complexity index is 471. The molecule has 4 heteroatoms. The van der Waals surface area contributed by atoms with Crippen molar-refractivity contribution in [3.63, 3.8) is 0 Å². The number of benzene rings is 1. The molecule has 4 nitrogen and oxygen atoms in total. The molecular formula is C16H21NO3. The predicted molar refractivity (Wildman–Crippen MR) is 76.0 cm³/mol. The number of amides is 1. The van der Waals surface area contributed by atoms with Crippen LogP contribution in [-0.4, -0.2) is 43.2 Å². The summed E-state index contributed by atoms with van der Waals surface area (Å²) in [5.74, 6) is 0.928. The molecule has 108 valence electrons. The predicted octanol–water partition coefficient (Wildman–Crippen LogP) is 2.48. The molecule has 0 radical (unpaired) electrons. The van der Waals surface area contributed by atoms with Crippen LogP contribution in [0.3, 0.4) is 0 Å². The normalized spacial score (nSPS) is 28.5. The molecule has 1 amide bonds. The number of ether oxygens (including phenoxy) is 2. The van der Waals surface area contributed by atoms with Crippen LogP contribution >= 0.6 is 0 Å². The number of nitrogens with zero attached hydrogens (tertiary/aromatic N) is 1. The average Bonchev–Trinajstić information content (AvgIpc) is 2.76. The first-order valence-electron chi connectivity index (χ1n) is 7.22. The fraction of sp³-hybridized carbons (Fsp3) is 0.562. The van der Waals surface area contributed by atoms with Crippen molar-refractivity contribution in [3.8, 4) is 5.75 Å². The third kappa shape index (κ3) is 2.29. The number of fused-ring (bicyclic) bond motifs is 2. The Balaban J connectivity index is 1.77. The van der Waals surface area contributed by atoms with E-state index in [4.69, 9.17) is 9.47 Å². The van der Waals surface area contributed by atoms with E-state index in [-0.39, 0.29) is 5.91 Å². The summed E-state index contributed by atoms with van der Waals surface area (Å²) in [7, 11) is 3.40. The Hall–Kier alpha value is -1.55. The van der Waals surface area contributed by atoms with Crippen LogP contribution in [0.4, 0.5) is 0 Å². The highest BCUT2D eigenvalue weighted by molar-refractivity contribution is 5.95. The van der Waals surface area contributed by atoms with Crippen molar-refractivity contribution < 1.29 is 14.3 Å². The summed E-state index contributed by atoms with van der Waals surface area (Å²) in [4.78, 5) is 14.8. The van der Waals surface area contributed by atoms with E-state index in [1.54, 1.807) is 14.2 Å². The number of methoxy groups -OCH3 is 2. The van der Waals surface area contributed by atoms with Crippen LogP contribution in [0.15, 0.2) is 24.3 Å². The van der Waals surface area contributed by atoms with Crippen molar-refractivity contribution in [1.82, 2.24) is 4.90 Å². The van der Waals surface area contributed by atoms with Gasteiger partial charge in [0.15, 0.2) is 0 Å². The smallest absolute Gasteiger partial charge is 0.254 e. The molecule has 1 aromatic carbocycles. The molecule has 0 spiro atoms. The number of rotatable bonds is 3. The average molecular weight is 275 g/mol. The van der Waals surface area contributed by atoms with E-state index in [1.165, 1.54) is 0 Å². The SMILES string of the molecule is COc1ccc(C(=O)N2C3CCC2CC(OC)C3)cc1. The molecule has 2 aliphatic heterocycles. The standard InChI is InChI=1S/C16H21NO3/c1-19-14-7-3-11(4-8-14)16(18)17-12-5-6-13(17)10-15(9-12)20-2/h3-4,7-8,12-13,15H,5-6,9-10H2,1-2H3. The Morgan fingerprint density at radius 2 is 1.70 bits per heavy atom. The highest BCUT2D eigenvalue weighted by Crippen LogP contribution is 2.37. The van der Waals surface area contributed by atoms with Gasteiger partial charge in [-0.05, 0) is 49.9 Å². The van der Waals surface area contributed by atoms with Crippen LogP contribution in [0.25, 0.3) is 0 Å². The second-order valence-corrected chi connectivity index (χ2v) is 5.66. The summed E-state index contributed by atoms with van der Waals surface area (Å²) in [5, 5.41) is 0. The lowest BCUT2D eigenvalue weighted by Crippen LogP contribution is -2.48. The van der Waals surface area contributed by atoms with Crippen LogP contribution in [0.1, 0.15) is 36.0 Å². The summed E-state index contributed by atoms with van der Waals surface area (Å²) >= 11 is 0. The van der Waals surface area contributed by atoms with Gasteiger partial charge in [-0.25, -0.2) is 0 Å². The lowest BCUT2D eigenvalue weighted by Gasteiger charge is -2.38. The quantitative estimate of drug-likeness (QED) is 0.850. The van der Waals surface area contributed by atoms with E-state index in [0.717, 1.165) is 37.0 Å². The maximum Gasteiger partial charge on any atom is 0.254 e. The zero-order chi connectivity index (χ0) is 14.1. The summed E-state index contributed by atoms with van der Waals surface area (Å²) in [5.41, 5.74) is 0.749. The molecule has 2 bridgehead atoms. The topological polar surface area (TPSA) is 38.8 Å². The molecule has 20 heavy (non-hydrogen) atoms. The number of hydrogen-bond acceptors (Lipinski definition) is 3. The molecule has 2 heterocycles. The molecular weight excluding hydrogens is 254 g/mol. The van der Waals surface area contributed by atoms with Gasteiger partial charge in [-0.3, -0.25) is 4.79 Å². The van der Waals surface area contributed by atoms with Crippen molar-refractivity contribution in [2.24, 2.45) is 0 Å². The molecule has 2 atom stereocenters. The Morgan fingerprint density at radius 1 is 1.10 bits per heavy atom. The van der Waals surface area contributed by atoms with Gasteiger partial charge < -0.3 is 14.4 Å². The maximum atomic E-state index is 12.7. The molecule has 3 rings (SSSR count). The van der Waals surface area contributed by atoms with Gasteiger partial charge in [-0.2, -0.15) is 0 Å².